The molecule has 0 aliphatic rings. The van der Waals surface area contributed by atoms with Gasteiger partial charge in [-0.1, -0.05) is 36.4 Å². The molecule has 0 fully saturated rings. The zero-order valence-corrected chi connectivity index (χ0v) is 18.0. The molecule has 0 atom stereocenters. The van der Waals surface area contributed by atoms with Crippen molar-refractivity contribution in [1.29, 1.82) is 0 Å². The number of hydrogen-bond acceptors (Lipinski definition) is 4. The minimum Gasteiger partial charge on any atom is -0.505 e. The van der Waals surface area contributed by atoms with E-state index in [1.54, 1.807) is 59.4 Å². The Balaban J connectivity index is 1.41. The average Bonchev–Trinajstić information content (AvgIpc) is 3.25. The summed E-state index contributed by atoms with van der Waals surface area (Å²) in [6.07, 6.45) is 1.70. The maximum absolute atomic E-state index is 13.4. The lowest BCUT2D eigenvalue weighted by Gasteiger charge is -2.09. The molecule has 4 aromatic carbocycles. The second-order valence-electron chi connectivity index (χ2n) is 7.46. The molecule has 0 amide bonds. The summed E-state index contributed by atoms with van der Waals surface area (Å²) in [5, 5.41) is 14.9. The van der Waals surface area contributed by atoms with Crippen LogP contribution in [0.1, 0.15) is 0 Å². The van der Waals surface area contributed by atoms with Gasteiger partial charge in [0.1, 0.15) is 0 Å². The lowest BCUT2D eigenvalue weighted by atomic mass is 10.0. The Morgan fingerprint density at radius 2 is 1.58 bits per heavy atom. The molecule has 0 saturated heterocycles. The molecule has 8 heteroatoms. The van der Waals surface area contributed by atoms with Crippen LogP contribution in [0, 0.1) is 5.82 Å². The summed E-state index contributed by atoms with van der Waals surface area (Å²) in [5.41, 5.74) is 3.66. The van der Waals surface area contributed by atoms with E-state index in [2.05, 4.69) is 9.82 Å². The second-order valence-corrected chi connectivity index (χ2v) is 9.14. The Bertz CT molecular complexity index is 1560. The fourth-order valence-electron chi connectivity index (χ4n) is 3.60. The molecule has 0 aliphatic carbocycles. The standard InChI is InChI=1S/C25H18FN3O3S/c26-23-12-11-21(15-25(23)30)29-24-13-8-18(14-19(24)16-27-29)17-6-9-20(10-7-17)28-33(31,32)22-4-2-1-3-5-22/h1-16,28,30H. The SMILES string of the molecule is O=S(=O)(Nc1ccc(-c2ccc3c(cnn3-c3ccc(F)c(O)c3)c2)cc1)c1ccccc1. The number of nitrogens with one attached hydrogen (secondary N) is 1. The van der Waals surface area contributed by atoms with Gasteiger partial charge >= 0.3 is 0 Å². The zero-order chi connectivity index (χ0) is 23.0. The Labute approximate surface area is 189 Å². The van der Waals surface area contributed by atoms with Gasteiger partial charge in [0.05, 0.1) is 22.3 Å². The number of aromatic hydroxyl groups is 1. The third-order valence-corrected chi connectivity index (χ3v) is 6.66. The number of halogens is 1. The first-order valence-corrected chi connectivity index (χ1v) is 11.5. The monoisotopic (exact) mass is 459 g/mol. The highest BCUT2D eigenvalue weighted by molar-refractivity contribution is 7.92. The maximum atomic E-state index is 13.4. The van der Waals surface area contributed by atoms with Gasteiger partial charge in [-0.3, -0.25) is 4.72 Å². The van der Waals surface area contributed by atoms with Gasteiger partial charge in [0, 0.05) is 17.1 Å². The third kappa shape index (κ3) is 4.04. The molecular formula is C25H18FN3O3S. The summed E-state index contributed by atoms with van der Waals surface area (Å²) in [7, 11) is -3.65. The van der Waals surface area contributed by atoms with Crippen LogP contribution in [0.15, 0.2) is 102 Å². The van der Waals surface area contributed by atoms with E-state index < -0.39 is 21.6 Å². The molecule has 0 saturated carbocycles. The minimum absolute atomic E-state index is 0.200. The molecule has 33 heavy (non-hydrogen) atoms. The van der Waals surface area contributed by atoms with Crippen LogP contribution < -0.4 is 4.72 Å². The number of rotatable bonds is 5. The first kappa shape index (κ1) is 20.7. The highest BCUT2D eigenvalue weighted by Gasteiger charge is 2.14. The Morgan fingerprint density at radius 1 is 0.848 bits per heavy atom. The largest absolute Gasteiger partial charge is 0.505 e. The fraction of sp³-hybridized carbons (Fsp3) is 0. The van der Waals surface area contributed by atoms with Crippen LogP contribution in [-0.4, -0.2) is 23.3 Å². The molecule has 0 aliphatic heterocycles. The summed E-state index contributed by atoms with van der Waals surface area (Å²) in [4.78, 5) is 0.200. The van der Waals surface area contributed by atoms with Crippen molar-refractivity contribution in [3.8, 4) is 22.6 Å². The Kier molecular flexibility index (Phi) is 5.07. The Hall–Kier alpha value is -4.17. The molecule has 6 nitrogen and oxygen atoms in total. The zero-order valence-electron chi connectivity index (χ0n) is 17.2. The summed E-state index contributed by atoms with van der Waals surface area (Å²) in [6.45, 7) is 0. The van der Waals surface area contributed by atoms with Gasteiger partial charge in [0.15, 0.2) is 11.6 Å². The molecule has 5 aromatic rings. The fourth-order valence-corrected chi connectivity index (χ4v) is 4.68. The lowest BCUT2D eigenvalue weighted by molar-refractivity contribution is 0.432. The van der Waals surface area contributed by atoms with Gasteiger partial charge < -0.3 is 5.11 Å². The van der Waals surface area contributed by atoms with Crippen LogP contribution in [0.3, 0.4) is 0 Å². The summed E-state index contributed by atoms with van der Waals surface area (Å²) < 4.78 is 42.6. The van der Waals surface area contributed by atoms with Crippen LogP contribution in [0.2, 0.25) is 0 Å². The van der Waals surface area contributed by atoms with E-state index in [1.807, 2.05) is 30.3 Å². The van der Waals surface area contributed by atoms with E-state index in [1.165, 1.54) is 12.1 Å². The Morgan fingerprint density at radius 3 is 2.30 bits per heavy atom. The highest BCUT2D eigenvalue weighted by Crippen LogP contribution is 2.28. The number of anilines is 1. The van der Waals surface area contributed by atoms with Crippen LogP contribution in [0.4, 0.5) is 10.1 Å². The van der Waals surface area contributed by atoms with Crippen molar-refractivity contribution >= 4 is 26.6 Å². The maximum Gasteiger partial charge on any atom is 0.261 e. The molecule has 0 bridgehead atoms. The first-order valence-electron chi connectivity index (χ1n) is 10.1. The molecule has 1 heterocycles. The normalized spacial score (nSPS) is 11.5. The average molecular weight is 460 g/mol. The molecule has 164 valence electrons. The van der Waals surface area contributed by atoms with Crippen LogP contribution in [0.25, 0.3) is 27.7 Å². The summed E-state index contributed by atoms with van der Waals surface area (Å²) in [5.74, 6) is -1.12. The van der Waals surface area contributed by atoms with Crippen molar-refractivity contribution in [3.63, 3.8) is 0 Å². The first-order chi connectivity index (χ1) is 15.9. The number of nitrogens with zero attached hydrogens (tertiary/aromatic N) is 2. The van der Waals surface area contributed by atoms with E-state index in [0.717, 1.165) is 22.0 Å². The second kappa shape index (κ2) is 8.07. The molecular weight excluding hydrogens is 441 g/mol. The highest BCUT2D eigenvalue weighted by atomic mass is 32.2. The number of fused-ring (bicyclic) bond motifs is 1. The number of sulfonamides is 1. The van der Waals surface area contributed by atoms with E-state index in [-0.39, 0.29) is 4.90 Å². The molecule has 1 aromatic heterocycles. The number of phenols is 1. The predicted octanol–water partition coefficient (Wildman–Crippen LogP) is 5.34. The number of aromatic nitrogens is 2. The van der Waals surface area contributed by atoms with E-state index in [9.17, 15) is 17.9 Å². The van der Waals surface area contributed by atoms with Gasteiger partial charge in [-0.2, -0.15) is 5.10 Å². The van der Waals surface area contributed by atoms with Crippen molar-refractivity contribution < 1.29 is 17.9 Å². The van der Waals surface area contributed by atoms with Crippen LogP contribution in [0.5, 0.6) is 5.75 Å². The molecule has 0 spiro atoms. The van der Waals surface area contributed by atoms with Gasteiger partial charge in [-0.05, 0) is 59.7 Å². The van der Waals surface area contributed by atoms with Crippen molar-refractivity contribution in [3.05, 3.63) is 103 Å². The van der Waals surface area contributed by atoms with Gasteiger partial charge in [-0.15, -0.1) is 0 Å². The predicted molar refractivity (Wildman–Crippen MR) is 125 cm³/mol. The van der Waals surface area contributed by atoms with E-state index in [4.69, 9.17) is 0 Å². The van der Waals surface area contributed by atoms with Crippen molar-refractivity contribution in [1.82, 2.24) is 9.78 Å². The van der Waals surface area contributed by atoms with Gasteiger partial charge in [0.2, 0.25) is 0 Å². The van der Waals surface area contributed by atoms with E-state index >= 15 is 0 Å². The quantitative estimate of drug-likeness (QED) is 0.372. The van der Waals surface area contributed by atoms with Gasteiger partial charge in [-0.25, -0.2) is 17.5 Å². The summed E-state index contributed by atoms with van der Waals surface area (Å²) >= 11 is 0. The lowest BCUT2D eigenvalue weighted by Crippen LogP contribution is -2.12. The molecule has 5 rings (SSSR count). The van der Waals surface area contributed by atoms with Crippen molar-refractivity contribution in [2.45, 2.75) is 4.90 Å². The minimum atomic E-state index is -3.65. The van der Waals surface area contributed by atoms with Crippen molar-refractivity contribution in [2.24, 2.45) is 0 Å². The number of hydrogen-bond donors (Lipinski definition) is 2. The van der Waals surface area contributed by atoms with Crippen molar-refractivity contribution in [2.75, 3.05) is 4.72 Å². The van der Waals surface area contributed by atoms with E-state index in [0.29, 0.717) is 11.4 Å². The third-order valence-electron chi connectivity index (χ3n) is 5.27. The molecule has 0 unspecified atom stereocenters. The number of benzene rings is 4. The molecule has 0 radical (unpaired) electrons. The smallest absolute Gasteiger partial charge is 0.261 e. The van der Waals surface area contributed by atoms with Crippen LogP contribution in [-0.2, 0) is 10.0 Å². The van der Waals surface area contributed by atoms with Gasteiger partial charge in [0.25, 0.3) is 10.0 Å². The molecule has 2 N–H and O–H groups in total. The number of phenolic OH excluding ortho intramolecular Hbond substituents is 1. The summed E-state index contributed by atoms with van der Waals surface area (Å²) in [6, 6.07) is 25.1. The topological polar surface area (TPSA) is 84.2 Å². The van der Waals surface area contributed by atoms with Crippen LogP contribution >= 0.6 is 0 Å².